The standard InChI is InChI=1S/C18H18Cl2N2O3/c1-18(2,16(23)21-12-5-7-13(25-3)8-6-12)17(24)22-15-10-11(19)4-9-14(15)20/h4-10H,1-3H3,(H,21,23)(H,22,24). The third-order valence-electron chi connectivity index (χ3n) is 3.66. The maximum absolute atomic E-state index is 12.5. The predicted octanol–water partition coefficient (Wildman–Crippen LogP) is 4.61. The van der Waals surface area contributed by atoms with Gasteiger partial charge in [0.15, 0.2) is 0 Å². The molecular weight excluding hydrogens is 363 g/mol. The number of hydrogen-bond acceptors (Lipinski definition) is 3. The van der Waals surface area contributed by atoms with Gasteiger partial charge in [0.1, 0.15) is 11.2 Å². The molecule has 0 bridgehead atoms. The molecule has 132 valence electrons. The largest absolute Gasteiger partial charge is 0.497 e. The van der Waals surface area contributed by atoms with E-state index in [4.69, 9.17) is 27.9 Å². The van der Waals surface area contributed by atoms with Crippen LogP contribution < -0.4 is 15.4 Å². The zero-order valence-electron chi connectivity index (χ0n) is 14.0. The lowest BCUT2D eigenvalue weighted by Gasteiger charge is -2.23. The van der Waals surface area contributed by atoms with Crippen LogP contribution in [-0.4, -0.2) is 18.9 Å². The van der Waals surface area contributed by atoms with Crippen LogP contribution in [0.4, 0.5) is 11.4 Å². The Hall–Kier alpha value is -2.24. The molecule has 7 heteroatoms. The Balaban J connectivity index is 2.11. The average molecular weight is 381 g/mol. The van der Waals surface area contributed by atoms with Gasteiger partial charge >= 0.3 is 0 Å². The van der Waals surface area contributed by atoms with Crippen molar-refractivity contribution in [1.82, 2.24) is 0 Å². The molecule has 5 nitrogen and oxygen atoms in total. The van der Waals surface area contributed by atoms with Gasteiger partial charge in [-0.2, -0.15) is 0 Å². The van der Waals surface area contributed by atoms with E-state index in [0.29, 0.717) is 27.2 Å². The number of nitrogens with one attached hydrogen (secondary N) is 2. The van der Waals surface area contributed by atoms with Gasteiger partial charge in [-0.15, -0.1) is 0 Å². The van der Waals surface area contributed by atoms with Gasteiger partial charge in [-0.3, -0.25) is 9.59 Å². The van der Waals surface area contributed by atoms with Crippen molar-refractivity contribution >= 4 is 46.4 Å². The second-order valence-corrected chi connectivity index (χ2v) is 6.73. The SMILES string of the molecule is COc1ccc(NC(=O)C(C)(C)C(=O)Nc2cc(Cl)ccc2Cl)cc1. The number of ether oxygens (including phenoxy) is 1. The van der Waals surface area contributed by atoms with E-state index in [0.717, 1.165) is 0 Å². The number of anilines is 2. The molecule has 0 unspecified atom stereocenters. The molecule has 2 rings (SSSR count). The van der Waals surface area contributed by atoms with Crippen molar-refractivity contribution in [2.24, 2.45) is 5.41 Å². The van der Waals surface area contributed by atoms with Crippen LogP contribution in [0.2, 0.25) is 10.0 Å². The summed E-state index contributed by atoms with van der Waals surface area (Å²) in [4.78, 5) is 25.0. The number of hydrogen-bond donors (Lipinski definition) is 2. The first kappa shape index (κ1) is 19.1. The molecule has 25 heavy (non-hydrogen) atoms. The minimum absolute atomic E-state index is 0.337. The average Bonchev–Trinajstić information content (AvgIpc) is 2.58. The summed E-state index contributed by atoms with van der Waals surface area (Å²) in [6.07, 6.45) is 0. The van der Waals surface area contributed by atoms with Crippen LogP contribution >= 0.6 is 23.2 Å². The van der Waals surface area contributed by atoms with Gasteiger partial charge in [0.05, 0.1) is 17.8 Å². The molecule has 0 atom stereocenters. The van der Waals surface area contributed by atoms with Gasteiger partial charge < -0.3 is 15.4 Å². The van der Waals surface area contributed by atoms with Gasteiger partial charge in [-0.05, 0) is 56.3 Å². The molecule has 0 heterocycles. The van der Waals surface area contributed by atoms with E-state index in [1.165, 1.54) is 19.9 Å². The Morgan fingerprint density at radius 1 is 0.960 bits per heavy atom. The van der Waals surface area contributed by atoms with Crippen molar-refractivity contribution in [3.8, 4) is 5.75 Å². The van der Waals surface area contributed by atoms with Crippen molar-refractivity contribution in [1.29, 1.82) is 0 Å². The molecule has 0 saturated heterocycles. The first-order valence-electron chi connectivity index (χ1n) is 7.46. The van der Waals surface area contributed by atoms with E-state index in [2.05, 4.69) is 10.6 Å². The fraction of sp³-hybridized carbons (Fsp3) is 0.222. The maximum atomic E-state index is 12.5. The quantitative estimate of drug-likeness (QED) is 0.744. The number of carbonyl (C=O) groups excluding carboxylic acids is 2. The van der Waals surface area contributed by atoms with E-state index in [1.807, 2.05) is 0 Å². The molecule has 2 aromatic rings. The summed E-state index contributed by atoms with van der Waals surface area (Å²) in [7, 11) is 1.56. The van der Waals surface area contributed by atoms with Gasteiger partial charge in [0.25, 0.3) is 0 Å². The molecule has 2 amide bonds. The smallest absolute Gasteiger partial charge is 0.239 e. The van der Waals surface area contributed by atoms with E-state index in [-0.39, 0.29) is 0 Å². The fourth-order valence-corrected chi connectivity index (χ4v) is 2.27. The lowest BCUT2D eigenvalue weighted by Crippen LogP contribution is -2.41. The topological polar surface area (TPSA) is 67.4 Å². The lowest BCUT2D eigenvalue weighted by atomic mass is 9.90. The Morgan fingerprint density at radius 3 is 2.16 bits per heavy atom. The number of benzene rings is 2. The van der Waals surface area contributed by atoms with Crippen LogP contribution in [0, 0.1) is 5.41 Å². The maximum Gasteiger partial charge on any atom is 0.239 e. The van der Waals surface area contributed by atoms with Crippen LogP contribution in [-0.2, 0) is 9.59 Å². The summed E-state index contributed by atoms with van der Waals surface area (Å²) in [5, 5.41) is 6.12. The summed E-state index contributed by atoms with van der Waals surface area (Å²) in [5.74, 6) is -0.276. The molecule has 2 N–H and O–H groups in total. The highest BCUT2D eigenvalue weighted by Gasteiger charge is 2.36. The van der Waals surface area contributed by atoms with Crippen molar-refractivity contribution in [3.63, 3.8) is 0 Å². The molecule has 2 aromatic carbocycles. The minimum Gasteiger partial charge on any atom is -0.497 e. The monoisotopic (exact) mass is 380 g/mol. The third-order valence-corrected chi connectivity index (χ3v) is 4.22. The molecule has 0 aliphatic carbocycles. The Kier molecular flexibility index (Phi) is 5.93. The second kappa shape index (κ2) is 7.76. The molecule has 0 aliphatic heterocycles. The number of carbonyl (C=O) groups is 2. The molecule has 0 saturated carbocycles. The van der Waals surface area contributed by atoms with Crippen LogP contribution in [0.15, 0.2) is 42.5 Å². The molecule has 0 fully saturated rings. The zero-order valence-corrected chi connectivity index (χ0v) is 15.5. The first-order chi connectivity index (χ1) is 11.7. The summed E-state index contributed by atoms with van der Waals surface area (Å²) in [6.45, 7) is 3.05. The number of methoxy groups -OCH3 is 1. The van der Waals surface area contributed by atoms with E-state index < -0.39 is 17.2 Å². The van der Waals surface area contributed by atoms with E-state index >= 15 is 0 Å². The third kappa shape index (κ3) is 4.65. The lowest BCUT2D eigenvalue weighted by molar-refractivity contribution is -0.135. The molecule has 0 spiro atoms. The number of halogens is 2. The second-order valence-electron chi connectivity index (χ2n) is 5.89. The highest BCUT2D eigenvalue weighted by molar-refractivity contribution is 6.36. The predicted molar refractivity (Wildman–Crippen MR) is 100 cm³/mol. The van der Waals surface area contributed by atoms with Crippen molar-refractivity contribution in [2.75, 3.05) is 17.7 Å². The Bertz CT molecular complexity index is 789. The Labute approximate surface area is 156 Å². The molecule has 0 radical (unpaired) electrons. The molecular formula is C18H18Cl2N2O3. The number of amides is 2. The highest BCUT2D eigenvalue weighted by Crippen LogP contribution is 2.28. The highest BCUT2D eigenvalue weighted by atomic mass is 35.5. The van der Waals surface area contributed by atoms with Crippen LogP contribution in [0.3, 0.4) is 0 Å². The number of rotatable bonds is 5. The van der Waals surface area contributed by atoms with Crippen molar-refractivity contribution in [2.45, 2.75) is 13.8 Å². The minimum atomic E-state index is -1.33. The fourth-order valence-electron chi connectivity index (χ4n) is 1.94. The van der Waals surface area contributed by atoms with Crippen LogP contribution in [0.25, 0.3) is 0 Å². The zero-order chi connectivity index (χ0) is 18.6. The van der Waals surface area contributed by atoms with Gasteiger partial charge in [0, 0.05) is 10.7 Å². The Morgan fingerprint density at radius 2 is 1.56 bits per heavy atom. The van der Waals surface area contributed by atoms with E-state index in [9.17, 15) is 9.59 Å². The summed E-state index contributed by atoms with van der Waals surface area (Å²) < 4.78 is 5.07. The normalized spacial score (nSPS) is 10.9. The van der Waals surface area contributed by atoms with Crippen LogP contribution in [0.1, 0.15) is 13.8 Å². The first-order valence-corrected chi connectivity index (χ1v) is 8.21. The van der Waals surface area contributed by atoms with Crippen LogP contribution in [0.5, 0.6) is 5.75 Å². The molecule has 0 aliphatic rings. The van der Waals surface area contributed by atoms with Crippen molar-refractivity contribution in [3.05, 3.63) is 52.5 Å². The van der Waals surface area contributed by atoms with Crippen molar-refractivity contribution < 1.29 is 14.3 Å². The molecule has 0 aromatic heterocycles. The summed E-state index contributed by atoms with van der Waals surface area (Å²) in [5.41, 5.74) is -0.414. The van der Waals surface area contributed by atoms with Gasteiger partial charge in [-0.1, -0.05) is 23.2 Å². The van der Waals surface area contributed by atoms with E-state index in [1.54, 1.807) is 43.5 Å². The van der Waals surface area contributed by atoms with Gasteiger partial charge in [-0.25, -0.2) is 0 Å². The summed E-state index contributed by atoms with van der Waals surface area (Å²) >= 11 is 12.0. The summed E-state index contributed by atoms with van der Waals surface area (Å²) in [6, 6.07) is 11.5. The van der Waals surface area contributed by atoms with Gasteiger partial charge in [0.2, 0.25) is 11.8 Å².